The number of unbranched alkanes of at least 4 members (excludes halogenated alkanes) is 13. The fourth-order valence-corrected chi connectivity index (χ4v) is 11.4. The molecule has 0 aliphatic carbocycles. The lowest BCUT2D eigenvalue weighted by molar-refractivity contribution is -0.160. The first-order valence-electron chi connectivity index (χ1n) is 23.9. The van der Waals surface area contributed by atoms with Crippen LogP contribution in [0.25, 0.3) is 0 Å². The van der Waals surface area contributed by atoms with E-state index in [4.69, 9.17) is 9.47 Å². The predicted molar refractivity (Wildman–Crippen MR) is 248 cm³/mol. The number of carbonyl (C=O) groups is 2. The average Bonchev–Trinajstić information content (AvgIpc) is 3.08. The molecule has 1 aliphatic rings. The van der Waals surface area contributed by atoms with Gasteiger partial charge in [-0.15, -0.1) is 0 Å². The molecule has 5 nitrogen and oxygen atoms in total. The van der Waals surface area contributed by atoms with E-state index in [0.29, 0.717) is 35.6 Å². The molecule has 0 spiro atoms. The second-order valence-electron chi connectivity index (χ2n) is 22.1. The van der Waals surface area contributed by atoms with Gasteiger partial charge in [-0.1, -0.05) is 166 Å². The highest BCUT2D eigenvalue weighted by Crippen LogP contribution is 2.43. The van der Waals surface area contributed by atoms with Crippen LogP contribution in [0.2, 0.25) is 0 Å². The largest absolute Gasteiger partial charge is 0.462 e. The summed E-state index contributed by atoms with van der Waals surface area (Å²) >= 11 is 0. The van der Waals surface area contributed by atoms with Gasteiger partial charge in [0.2, 0.25) is 0 Å². The molecular formula is C50H99NO4S. The van der Waals surface area contributed by atoms with Gasteiger partial charge in [-0.3, -0.25) is 14.5 Å². The van der Waals surface area contributed by atoms with Gasteiger partial charge in [0.05, 0.1) is 0 Å². The van der Waals surface area contributed by atoms with E-state index in [9.17, 15) is 9.59 Å². The van der Waals surface area contributed by atoms with Gasteiger partial charge in [0, 0.05) is 32.5 Å². The Labute approximate surface area is 352 Å². The minimum atomic E-state index is -0.521. The van der Waals surface area contributed by atoms with Crippen LogP contribution in [-0.2, 0) is 19.1 Å². The molecule has 1 fully saturated rings. The van der Waals surface area contributed by atoms with Gasteiger partial charge in [-0.05, 0) is 97.0 Å². The molecule has 0 bridgehead atoms. The maximum Gasteiger partial charge on any atom is 0.306 e. The topological polar surface area (TPSA) is 55.8 Å². The molecule has 1 aliphatic heterocycles. The van der Waals surface area contributed by atoms with Gasteiger partial charge >= 0.3 is 11.9 Å². The monoisotopic (exact) mass is 810 g/mol. The molecule has 1 rings (SSSR count). The highest BCUT2D eigenvalue weighted by Gasteiger charge is 2.30. The second-order valence-corrected chi connectivity index (χ2v) is 26.4. The van der Waals surface area contributed by atoms with Crippen LogP contribution in [-0.4, -0.2) is 73.2 Å². The Balaban J connectivity index is 2.45. The summed E-state index contributed by atoms with van der Waals surface area (Å²) < 4.78 is 11.8. The zero-order valence-corrected chi connectivity index (χ0v) is 40.8. The van der Waals surface area contributed by atoms with Crippen LogP contribution in [0.15, 0.2) is 0 Å². The summed E-state index contributed by atoms with van der Waals surface area (Å²) in [6.07, 6.45) is 33.9. The number of esters is 2. The third-order valence-corrected chi connectivity index (χ3v) is 15.2. The quantitative estimate of drug-likeness (QED) is 0.0479. The van der Waals surface area contributed by atoms with E-state index >= 15 is 0 Å². The minimum Gasteiger partial charge on any atom is -0.462 e. The molecule has 334 valence electrons. The fourth-order valence-electron chi connectivity index (χ4n) is 9.70. The summed E-state index contributed by atoms with van der Waals surface area (Å²) in [7, 11) is -0.521. The minimum absolute atomic E-state index is 0.141. The van der Waals surface area contributed by atoms with Crippen molar-refractivity contribution in [3.63, 3.8) is 0 Å². The molecule has 1 atom stereocenters. The molecule has 0 N–H and O–H groups in total. The smallest absolute Gasteiger partial charge is 0.306 e. The highest BCUT2D eigenvalue weighted by molar-refractivity contribution is 8.32. The van der Waals surface area contributed by atoms with Crippen molar-refractivity contribution in [3.05, 3.63) is 0 Å². The van der Waals surface area contributed by atoms with Crippen LogP contribution in [0, 0.1) is 21.7 Å². The van der Waals surface area contributed by atoms with Crippen molar-refractivity contribution in [2.24, 2.45) is 21.7 Å². The molecule has 6 heteroatoms. The summed E-state index contributed by atoms with van der Waals surface area (Å²) in [6.45, 7) is 27.0. The molecule has 1 heterocycles. The normalized spacial score (nSPS) is 16.8. The Morgan fingerprint density at radius 2 is 0.893 bits per heavy atom. The van der Waals surface area contributed by atoms with Gasteiger partial charge in [0.1, 0.15) is 12.7 Å². The number of hydrogen-bond donors (Lipinski definition) is 0. The van der Waals surface area contributed by atoms with Crippen LogP contribution in [0.1, 0.15) is 230 Å². The first kappa shape index (κ1) is 53.3. The summed E-state index contributed by atoms with van der Waals surface area (Å²) in [5.41, 5.74) is 1.41. The van der Waals surface area contributed by atoms with E-state index in [1.807, 2.05) is 0 Å². The Kier molecular flexibility index (Phi) is 26.5. The lowest BCUT2D eigenvalue weighted by atomic mass is 9.70. The van der Waals surface area contributed by atoms with Crippen LogP contribution in [0.5, 0.6) is 0 Å². The zero-order chi connectivity index (χ0) is 42.1. The van der Waals surface area contributed by atoms with Crippen molar-refractivity contribution in [2.45, 2.75) is 236 Å². The van der Waals surface area contributed by atoms with Crippen molar-refractivity contribution in [1.82, 2.24) is 4.90 Å². The van der Waals surface area contributed by atoms with Crippen LogP contribution in [0.4, 0.5) is 0 Å². The van der Waals surface area contributed by atoms with E-state index in [2.05, 4.69) is 86.6 Å². The van der Waals surface area contributed by atoms with Crippen molar-refractivity contribution in [2.75, 3.05) is 50.3 Å². The Hall–Kier alpha value is -0.750. The molecule has 0 radical (unpaired) electrons. The third kappa shape index (κ3) is 28.6. The fraction of sp³-hybridized carbons (Fsp3) is 0.960. The SMILES string of the molecule is CCCCCCCCC(C)(C)CC(C)(C)CCCCC(=O)OCC(CN1CCS(C)(C)CC1)OC(=O)CCCCCCCC(C)(C)CC(C)(C)CCCCCC. The number of carbonyl (C=O) groups excluding carboxylic acids is 2. The Bertz CT molecular complexity index is 1020. The summed E-state index contributed by atoms with van der Waals surface area (Å²) in [6, 6.07) is 0. The van der Waals surface area contributed by atoms with E-state index < -0.39 is 16.1 Å². The predicted octanol–water partition coefficient (Wildman–Crippen LogP) is 14.7. The van der Waals surface area contributed by atoms with Crippen molar-refractivity contribution < 1.29 is 19.1 Å². The number of ether oxygens (including phenoxy) is 2. The van der Waals surface area contributed by atoms with Gasteiger partial charge in [0.15, 0.2) is 0 Å². The van der Waals surface area contributed by atoms with E-state index in [0.717, 1.165) is 45.2 Å². The zero-order valence-electron chi connectivity index (χ0n) is 40.0. The van der Waals surface area contributed by atoms with Gasteiger partial charge in [-0.25, -0.2) is 10.0 Å². The molecule has 0 amide bonds. The van der Waals surface area contributed by atoms with E-state index in [1.165, 1.54) is 127 Å². The number of nitrogens with zero attached hydrogens (tertiary/aromatic N) is 1. The van der Waals surface area contributed by atoms with Crippen molar-refractivity contribution >= 4 is 22.0 Å². The van der Waals surface area contributed by atoms with Gasteiger partial charge in [-0.2, -0.15) is 0 Å². The maximum atomic E-state index is 13.0. The highest BCUT2D eigenvalue weighted by atomic mass is 32.3. The Morgan fingerprint density at radius 1 is 0.536 bits per heavy atom. The number of hydrogen-bond acceptors (Lipinski definition) is 5. The van der Waals surface area contributed by atoms with Crippen LogP contribution in [0.3, 0.4) is 0 Å². The molecular weight excluding hydrogens is 711 g/mol. The van der Waals surface area contributed by atoms with Gasteiger partial charge < -0.3 is 9.47 Å². The van der Waals surface area contributed by atoms with Crippen molar-refractivity contribution in [3.8, 4) is 0 Å². The van der Waals surface area contributed by atoms with Crippen LogP contribution >= 0.6 is 10.0 Å². The third-order valence-electron chi connectivity index (χ3n) is 12.7. The van der Waals surface area contributed by atoms with E-state index in [-0.39, 0.29) is 24.0 Å². The number of rotatable bonds is 34. The lowest BCUT2D eigenvalue weighted by Gasteiger charge is -2.41. The summed E-state index contributed by atoms with van der Waals surface area (Å²) in [5, 5.41) is 0. The molecule has 0 aromatic rings. The summed E-state index contributed by atoms with van der Waals surface area (Å²) in [5.74, 6) is 2.13. The molecule has 56 heavy (non-hydrogen) atoms. The molecule has 0 aromatic heterocycles. The molecule has 1 saturated heterocycles. The average molecular weight is 810 g/mol. The lowest BCUT2D eigenvalue weighted by Crippen LogP contribution is -2.44. The first-order chi connectivity index (χ1) is 26.2. The molecule has 0 aromatic carbocycles. The van der Waals surface area contributed by atoms with E-state index in [1.54, 1.807) is 0 Å². The van der Waals surface area contributed by atoms with Crippen molar-refractivity contribution in [1.29, 1.82) is 0 Å². The Morgan fingerprint density at radius 3 is 1.36 bits per heavy atom. The van der Waals surface area contributed by atoms with Crippen LogP contribution < -0.4 is 0 Å². The summed E-state index contributed by atoms with van der Waals surface area (Å²) in [4.78, 5) is 28.4. The first-order valence-corrected chi connectivity index (χ1v) is 26.7. The maximum absolute atomic E-state index is 13.0. The van der Waals surface area contributed by atoms with Gasteiger partial charge in [0.25, 0.3) is 0 Å². The molecule has 0 saturated carbocycles. The standard InChI is InChI=1S/C50H99NO4S/c1-13-15-17-19-22-27-33-49(7,8)43-50(9,10)35-29-25-30-45(52)54-41-44(40-51-36-38-56(11,12)39-37-51)55-46(53)31-24-21-20-23-28-34-48(5,6)42-47(3,4)32-26-18-16-14-2/h44H,13-43H2,1-12H3. The second kappa shape index (κ2) is 27.9. The molecule has 1 unspecified atom stereocenters.